The Bertz CT molecular complexity index is 693. The van der Waals surface area contributed by atoms with Crippen molar-refractivity contribution in [2.24, 2.45) is 5.92 Å². The lowest BCUT2D eigenvalue weighted by molar-refractivity contribution is -0.131. The van der Waals surface area contributed by atoms with Gasteiger partial charge in [-0.3, -0.25) is 5.10 Å². The van der Waals surface area contributed by atoms with Crippen LogP contribution in [0.1, 0.15) is 25.2 Å². The molecule has 0 unspecified atom stereocenters. The zero-order valence-corrected chi connectivity index (χ0v) is 14.1. The Kier molecular flexibility index (Phi) is 5.81. The van der Waals surface area contributed by atoms with Gasteiger partial charge in [0.2, 0.25) is 5.16 Å². The monoisotopic (exact) mass is 333 g/mol. The zero-order chi connectivity index (χ0) is 16.8. The van der Waals surface area contributed by atoms with Crippen LogP contribution in [0.25, 0.3) is 6.08 Å². The summed E-state index contributed by atoms with van der Waals surface area (Å²) in [6.07, 6.45) is 1.59. The first-order valence-corrected chi connectivity index (χ1v) is 8.00. The minimum atomic E-state index is -1.02. The van der Waals surface area contributed by atoms with Crippen molar-refractivity contribution < 1.29 is 14.6 Å². The van der Waals surface area contributed by atoms with E-state index in [1.54, 1.807) is 13.0 Å². The molecule has 1 heterocycles. The van der Waals surface area contributed by atoms with Gasteiger partial charge in [0.05, 0.1) is 6.61 Å². The largest absolute Gasteiger partial charge is 0.493 e. The maximum atomic E-state index is 11.4. The van der Waals surface area contributed by atoms with Crippen molar-refractivity contribution in [3.8, 4) is 5.75 Å². The molecule has 23 heavy (non-hydrogen) atoms. The molecule has 0 radical (unpaired) electrons. The molecule has 0 atom stereocenters. The maximum absolute atomic E-state index is 11.4. The van der Waals surface area contributed by atoms with Gasteiger partial charge in [-0.1, -0.05) is 26.0 Å². The summed E-state index contributed by atoms with van der Waals surface area (Å²) in [4.78, 5) is 15.6. The van der Waals surface area contributed by atoms with Gasteiger partial charge in [-0.2, -0.15) is 0 Å². The van der Waals surface area contributed by atoms with Crippen LogP contribution in [0.5, 0.6) is 5.75 Å². The zero-order valence-electron chi connectivity index (χ0n) is 13.2. The Morgan fingerprint density at radius 3 is 2.61 bits per heavy atom. The van der Waals surface area contributed by atoms with Crippen molar-refractivity contribution in [2.75, 3.05) is 6.61 Å². The van der Waals surface area contributed by atoms with Crippen LogP contribution in [0.4, 0.5) is 0 Å². The van der Waals surface area contributed by atoms with Gasteiger partial charge < -0.3 is 9.84 Å². The van der Waals surface area contributed by atoms with E-state index >= 15 is 0 Å². The SMILES string of the molecule is Cc1nc(SC(=Cc2ccc(OCC(C)C)cc2)C(=O)O)n[nH]1. The molecule has 6 nitrogen and oxygen atoms in total. The number of benzene rings is 1. The van der Waals surface area contributed by atoms with Crippen molar-refractivity contribution in [1.82, 2.24) is 15.2 Å². The Hall–Kier alpha value is -2.28. The summed E-state index contributed by atoms with van der Waals surface area (Å²) in [5.41, 5.74) is 0.777. The molecule has 0 spiro atoms. The van der Waals surface area contributed by atoms with E-state index in [0.29, 0.717) is 23.5 Å². The Balaban J connectivity index is 2.11. The molecule has 0 aliphatic carbocycles. The average molecular weight is 333 g/mol. The van der Waals surface area contributed by atoms with Crippen molar-refractivity contribution >= 4 is 23.8 Å². The van der Waals surface area contributed by atoms with Gasteiger partial charge in [0, 0.05) is 0 Å². The Labute approximate surface area is 139 Å². The number of carboxylic acids is 1. The quantitative estimate of drug-likeness (QED) is 0.596. The molecule has 2 rings (SSSR count). The average Bonchev–Trinajstić information content (AvgIpc) is 2.91. The number of rotatable bonds is 7. The van der Waals surface area contributed by atoms with Crippen molar-refractivity contribution in [1.29, 1.82) is 0 Å². The van der Waals surface area contributed by atoms with Gasteiger partial charge in [0.15, 0.2) is 0 Å². The summed E-state index contributed by atoms with van der Waals surface area (Å²) >= 11 is 1.01. The van der Waals surface area contributed by atoms with Crippen LogP contribution < -0.4 is 4.74 Å². The molecule has 0 saturated heterocycles. The third-order valence-corrected chi connectivity index (χ3v) is 3.63. The summed E-state index contributed by atoms with van der Waals surface area (Å²) in [6, 6.07) is 7.30. The molecule has 2 aromatic rings. The minimum Gasteiger partial charge on any atom is -0.493 e. The van der Waals surface area contributed by atoms with Crippen LogP contribution in [0, 0.1) is 12.8 Å². The van der Waals surface area contributed by atoms with Gasteiger partial charge in [-0.25, -0.2) is 9.78 Å². The number of aryl methyl sites for hydroxylation is 1. The molecule has 122 valence electrons. The molecule has 0 saturated carbocycles. The maximum Gasteiger partial charge on any atom is 0.342 e. The Morgan fingerprint density at radius 2 is 2.09 bits per heavy atom. The fraction of sp³-hybridized carbons (Fsp3) is 0.312. The highest BCUT2D eigenvalue weighted by Crippen LogP contribution is 2.26. The number of aromatic nitrogens is 3. The number of carboxylic acid groups (broad SMARTS) is 1. The topological polar surface area (TPSA) is 88.1 Å². The molecule has 0 fully saturated rings. The first-order valence-electron chi connectivity index (χ1n) is 7.18. The van der Waals surface area contributed by atoms with E-state index in [1.165, 1.54) is 0 Å². The summed E-state index contributed by atoms with van der Waals surface area (Å²) in [5.74, 6) is 0.848. The highest BCUT2D eigenvalue weighted by atomic mass is 32.2. The second-order valence-corrected chi connectivity index (χ2v) is 6.40. The number of nitrogens with zero attached hydrogens (tertiary/aromatic N) is 2. The van der Waals surface area contributed by atoms with Crippen LogP contribution in [0.2, 0.25) is 0 Å². The second-order valence-electron chi connectivity index (χ2n) is 5.39. The van der Waals surface area contributed by atoms with E-state index in [9.17, 15) is 9.90 Å². The first kappa shape index (κ1) is 17.1. The van der Waals surface area contributed by atoms with E-state index in [1.807, 2.05) is 24.3 Å². The molecular weight excluding hydrogens is 314 g/mol. The number of ether oxygens (including phenoxy) is 1. The fourth-order valence-corrected chi connectivity index (χ4v) is 2.43. The normalized spacial score (nSPS) is 11.7. The smallest absolute Gasteiger partial charge is 0.342 e. The number of nitrogens with one attached hydrogen (secondary N) is 1. The molecular formula is C16H19N3O3S. The molecule has 0 aliphatic rings. The Morgan fingerprint density at radius 1 is 1.39 bits per heavy atom. The molecule has 0 amide bonds. The summed E-state index contributed by atoms with van der Waals surface area (Å²) < 4.78 is 5.61. The van der Waals surface area contributed by atoms with E-state index in [0.717, 1.165) is 23.1 Å². The predicted molar refractivity (Wildman–Crippen MR) is 89.4 cm³/mol. The standard InChI is InChI=1S/C16H19N3O3S/c1-10(2)9-22-13-6-4-12(5-7-13)8-14(15(20)21)23-16-17-11(3)18-19-16/h4-8,10H,9H2,1-3H3,(H,20,21)(H,17,18,19). The van der Waals surface area contributed by atoms with E-state index < -0.39 is 5.97 Å². The van der Waals surface area contributed by atoms with Crippen molar-refractivity contribution in [3.05, 3.63) is 40.6 Å². The van der Waals surface area contributed by atoms with E-state index in [4.69, 9.17) is 4.74 Å². The molecule has 2 N–H and O–H groups in total. The third kappa shape index (κ3) is 5.45. The molecule has 7 heteroatoms. The molecule has 0 bridgehead atoms. The summed E-state index contributed by atoms with van der Waals surface area (Å²) in [7, 11) is 0. The predicted octanol–water partition coefficient (Wildman–Crippen LogP) is 3.37. The number of H-pyrrole nitrogens is 1. The van der Waals surface area contributed by atoms with Crippen LogP contribution >= 0.6 is 11.8 Å². The van der Waals surface area contributed by atoms with Gasteiger partial charge >= 0.3 is 5.97 Å². The van der Waals surface area contributed by atoms with Gasteiger partial charge in [-0.05, 0) is 48.4 Å². The fourth-order valence-electron chi connectivity index (χ4n) is 1.68. The minimum absolute atomic E-state index is 0.153. The molecule has 1 aromatic heterocycles. The summed E-state index contributed by atoms with van der Waals surface area (Å²) in [6.45, 7) is 6.57. The van der Waals surface area contributed by atoms with Gasteiger partial charge in [0.25, 0.3) is 0 Å². The lowest BCUT2D eigenvalue weighted by atomic mass is 10.2. The van der Waals surface area contributed by atoms with Gasteiger partial charge in [-0.15, -0.1) is 5.10 Å². The van der Waals surface area contributed by atoms with Crippen LogP contribution in [0.3, 0.4) is 0 Å². The lowest BCUT2D eigenvalue weighted by Crippen LogP contribution is -2.04. The van der Waals surface area contributed by atoms with Crippen LogP contribution in [-0.2, 0) is 4.79 Å². The number of hydrogen-bond acceptors (Lipinski definition) is 5. The summed E-state index contributed by atoms with van der Waals surface area (Å²) in [5, 5.41) is 16.3. The highest BCUT2D eigenvalue weighted by molar-refractivity contribution is 8.04. The van der Waals surface area contributed by atoms with E-state index in [-0.39, 0.29) is 4.91 Å². The number of carbonyl (C=O) groups is 1. The first-order chi connectivity index (χ1) is 10.9. The van der Waals surface area contributed by atoms with Crippen LogP contribution in [0.15, 0.2) is 34.3 Å². The van der Waals surface area contributed by atoms with Gasteiger partial charge in [0.1, 0.15) is 16.5 Å². The van der Waals surface area contributed by atoms with Crippen molar-refractivity contribution in [2.45, 2.75) is 25.9 Å². The van der Waals surface area contributed by atoms with Crippen LogP contribution in [-0.4, -0.2) is 32.9 Å². The lowest BCUT2D eigenvalue weighted by Gasteiger charge is -2.08. The highest BCUT2D eigenvalue weighted by Gasteiger charge is 2.13. The number of thioether (sulfide) groups is 1. The number of aromatic amines is 1. The number of aliphatic carboxylic acids is 1. The third-order valence-electron chi connectivity index (χ3n) is 2.75. The molecule has 1 aromatic carbocycles. The molecule has 0 aliphatic heterocycles. The second kappa shape index (κ2) is 7.82. The number of hydrogen-bond donors (Lipinski definition) is 2. The van der Waals surface area contributed by atoms with E-state index in [2.05, 4.69) is 29.0 Å². The van der Waals surface area contributed by atoms with Crippen molar-refractivity contribution in [3.63, 3.8) is 0 Å².